The van der Waals surface area contributed by atoms with Gasteiger partial charge in [0.25, 0.3) is 0 Å². The summed E-state index contributed by atoms with van der Waals surface area (Å²) in [6.45, 7) is 0. The van der Waals surface area contributed by atoms with Crippen LogP contribution < -0.4 is 43.3 Å². The van der Waals surface area contributed by atoms with Crippen LogP contribution in [0.3, 0.4) is 0 Å². The van der Waals surface area contributed by atoms with Crippen molar-refractivity contribution in [2.24, 2.45) is 11.5 Å². The summed E-state index contributed by atoms with van der Waals surface area (Å²) < 4.78 is 0. The number of aliphatic hydroxyl groups excluding tert-OH is 1. The normalized spacial score (nSPS) is 11.9. The van der Waals surface area contributed by atoms with E-state index in [1.165, 1.54) is 31.8 Å². The summed E-state index contributed by atoms with van der Waals surface area (Å²) in [4.78, 5) is 0. The molecule has 2 unspecified atom stereocenters. The van der Waals surface area contributed by atoms with Gasteiger partial charge in [-0.15, -0.1) is 0 Å². The molecule has 0 heterocycles. The Hall–Kier alpha value is -4.30. The van der Waals surface area contributed by atoms with E-state index in [1.807, 2.05) is 60.7 Å². The molecule has 0 aliphatic carbocycles. The molecule has 0 aliphatic rings. The van der Waals surface area contributed by atoms with Crippen molar-refractivity contribution in [3.8, 4) is 0 Å². The average Bonchev–Trinajstić information content (AvgIpc) is 3.31. The maximum absolute atomic E-state index is 12.3. The topological polar surface area (TPSA) is 72.3 Å². The van der Waals surface area contributed by atoms with E-state index in [2.05, 4.69) is 170 Å². The van der Waals surface area contributed by atoms with Crippen molar-refractivity contribution in [2.75, 3.05) is 0 Å². The van der Waals surface area contributed by atoms with Gasteiger partial charge in [-0.2, -0.15) is 0 Å². The summed E-state index contributed by atoms with van der Waals surface area (Å²) in [6.07, 6.45) is -0.743. The van der Waals surface area contributed by atoms with Crippen LogP contribution in [0.15, 0.2) is 231 Å². The predicted octanol–water partition coefficient (Wildman–Crippen LogP) is 9.51. The number of nitrogens with two attached hydrogens (primary N) is 2. The fourth-order valence-corrected chi connectivity index (χ4v) is 12.8. The second-order valence-corrected chi connectivity index (χ2v) is 21.2. The number of hydrogen-bond donors (Lipinski definition) is 3. The molecule has 0 aliphatic heterocycles. The van der Waals surface area contributed by atoms with E-state index in [0.29, 0.717) is 0 Å². The van der Waals surface area contributed by atoms with E-state index in [4.69, 9.17) is 30.8 Å². The molecule has 59 heavy (non-hydrogen) atoms. The minimum absolute atomic E-state index is 0.163. The monoisotopic (exact) mass is 938 g/mol. The summed E-state index contributed by atoms with van der Waals surface area (Å²) >= 11 is -0.346. The third-order valence-corrected chi connectivity index (χ3v) is 15.7. The standard InChI is InChI=1S/C37H30OP2.C14H16N2.2ClH.Ru/c38-37(33-25-13-15-27-35(33)39(29-17-5-1-6-18-29)30-19-7-2-8-20-30)34-26-14-16-28-36(34)40(31-21-9-3-10-22-31)32-23-11-4-12-24-32;15-13(11-7-3-1-4-8-11)14(16)12-9-5-2-6-10-12;;;/h1-28,37-38H;1-10,13-14H,15-16H2;2*1H;/q;;;;+4. The van der Waals surface area contributed by atoms with Crippen LogP contribution in [-0.4, -0.2) is 5.11 Å². The molecule has 0 fully saturated rings. The Balaban J connectivity index is 0.000000256. The van der Waals surface area contributed by atoms with Gasteiger partial charge < -0.3 is 16.6 Å². The fraction of sp³-hybridized carbons (Fsp3) is 0.0588. The van der Waals surface area contributed by atoms with Crippen LogP contribution in [0.4, 0.5) is 0 Å². The van der Waals surface area contributed by atoms with Gasteiger partial charge in [0.15, 0.2) is 0 Å². The zero-order valence-corrected chi connectivity index (χ0v) is 37.6. The Morgan fingerprint density at radius 1 is 0.356 bits per heavy atom. The van der Waals surface area contributed by atoms with E-state index >= 15 is 0 Å². The van der Waals surface area contributed by atoms with Gasteiger partial charge in [0.05, 0.1) is 15.8 Å². The summed E-state index contributed by atoms with van der Waals surface area (Å²) in [7, 11) is 7.02. The predicted molar refractivity (Wildman–Crippen MR) is 256 cm³/mol. The van der Waals surface area contributed by atoms with Crippen molar-refractivity contribution in [1.82, 2.24) is 0 Å². The van der Waals surface area contributed by atoms with Crippen molar-refractivity contribution in [3.05, 3.63) is 253 Å². The van der Waals surface area contributed by atoms with E-state index in [1.54, 1.807) is 0 Å². The van der Waals surface area contributed by atoms with Gasteiger partial charge in [0.1, 0.15) is 37.9 Å². The Bertz CT molecular complexity index is 2150. The van der Waals surface area contributed by atoms with Gasteiger partial charge in [-0.25, -0.2) is 0 Å². The van der Waals surface area contributed by atoms with Crippen LogP contribution >= 0.6 is 35.2 Å². The van der Waals surface area contributed by atoms with Crippen LogP contribution in [0.25, 0.3) is 0 Å². The Morgan fingerprint density at radius 3 is 0.847 bits per heavy atom. The molecule has 296 valence electrons. The first-order valence-electron chi connectivity index (χ1n) is 19.3. The first kappa shape index (κ1) is 44.3. The van der Waals surface area contributed by atoms with Crippen molar-refractivity contribution in [1.29, 1.82) is 0 Å². The first-order valence-corrected chi connectivity index (χ1v) is 26.8. The molecular weight excluding hydrogens is 890 g/mol. The third-order valence-electron chi connectivity index (χ3n) is 10.1. The SMILES string of the molecule is NC(c1ccccc1)C(N)c1ccccc1.OC(c1ccccc1[PH+](c1ccccc1)c1ccccc1)c1ccccc1[PH+](c1ccccc1)c1ccccc1.[Cl][Ru+2][Cl]. The van der Waals surface area contributed by atoms with Crippen LogP contribution in [0.2, 0.25) is 0 Å². The van der Waals surface area contributed by atoms with E-state index in [0.717, 1.165) is 22.3 Å². The molecule has 8 heteroatoms. The molecule has 2 atom stereocenters. The van der Waals surface area contributed by atoms with Crippen molar-refractivity contribution >= 4 is 67.1 Å². The van der Waals surface area contributed by atoms with Crippen molar-refractivity contribution < 1.29 is 20.3 Å². The number of hydrogen-bond acceptors (Lipinski definition) is 3. The zero-order valence-electron chi connectivity index (χ0n) is 32.4. The second-order valence-electron chi connectivity index (χ2n) is 13.7. The molecule has 0 amide bonds. The molecule has 5 N–H and O–H groups in total. The molecule has 0 radical (unpaired) electrons. The van der Waals surface area contributed by atoms with E-state index in [-0.39, 0.29) is 27.2 Å². The fourth-order valence-electron chi connectivity index (χ4n) is 7.23. The van der Waals surface area contributed by atoms with E-state index in [9.17, 15) is 5.11 Å². The van der Waals surface area contributed by atoms with Crippen LogP contribution in [0, 0.1) is 0 Å². The van der Waals surface area contributed by atoms with Gasteiger partial charge in [-0.1, -0.05) is 170 Å². The molecule has 8 rings (SSSR count). The number of aliphatic hydroxyl groups is 1. The summed E-state index contributed by atoms with van der Waals surface area (Å²) in [6, 6.07) is 79.6. The van der Waals surface area contributed by atoms with Gasteiger partial charge in [0, 0.05) is 23.2 Å². The van der Waals surface area contributed by atoms with Gasteiger partial charge in [-0.3, -0.25) is 0 Å². The molecule has 8 aromatic carbocycles. The maximum atomic E-state index is 12.3. The van der Waals surface area contributed by atoms with Crippen LogP contribution in [0.1, 0.15) is 40.4 Å². The van der Waals surface area contributed by atoms with Gasteiger partial charge >= 0.3 is 34.5 Å². The van der Waals surface area contributed by atoms with Crippen molar-refractivity contribution in [2.45, 2.75) is 18.2 Å². The van der Waals surface area contributed by atoms with Crippen LogP contribution in [-0.2, 0) is 15.1 Å². The second kappa shape index (κ2) is 23.5. The Kier molecular flexibility index (Phi) is 17.6. The van der Waals surface area contributed by atoms with Gasteiger partial charge in [0.2, 0.25) is 0 Å². The third kappa shape index (κ3) is 11.9. The van der Waals surface area contributed by atoms with Gasteiger partial charge in [-0.05, 0) is 71.8 Å². The molecule has 0 spiro atoms. The molecule has 0 aromatic heterocycles. The molecule has 8 aromatic rings. The molecule has 3 nitrogen and oxygen atoms in total. The molecular formula is C51H48Cl2N2OP2Ru+4. The zero-order chi connectivity index (χ0) is 41.2. The molecule has 0 saturated carbocycles. The van der Waals surface area contributed by atoms with Crippen LogP contribution in [0.5, 0.6) is 0 Å². The van der Waals surface area contributed by atoms with E-state index < -0.39 is 21.9 Å². The number of halogens is 2. The first-order chi connectivity index (χ1) is 29.0. The Morgan fingerprint density at radius 2 is 0.576 bits per heavy atom. The number of benzene rings is 8. The quantitative estimate of drug-likeness (QED) is 0.0895. The average molecular weight is 939 g/mol. The molecule has 0 saturated heterocycles. The Labute approximate surface area is 367 Å². The minimum atomic E-state index is -1.35. The summed E-state index contributed by atoms with van der Waals surface area (Å²) in [5, 5.41) is 20.0. The summed E-state index contributed by atoms with van der Waals surface area (Å²) in [5.41, 5.74) is 16.4. The molecule has 0 bridgehead atoms. The van der Waals surface area contributed by atoms with Crippen molar-refractivity contribution in [3.63, 3.8) is 0 Å². The summed E-state index contributed by atoms with van der Waals surface area (Å²) in [5.74, 6) is 0. The number of rotatable bonds is 11.